The summed E-state index contributed by atoms with van der Waals surface area (Å²) in [5.74, 6) is 1.21. The average Bonchev–Trinajstić information content (AvgIpc) is 3.00. The van der Waals surface area contributed by atoms with E-state index in [1.54, 1.807) is 60.5 Å². The molecule has 2 aromatic heterocycles. The number of benzene rings is 1. The molecule has 3 N–H and O–H groups in total. The molecule has 10 heteroatoms. The van der Waals surface area contributed by atoms with Gasteiger partial charge in [-0.3, -0.25) is 4.68 Å². The molecule has 0 aliphatic carbocycles. The molecule has 146 valence electrons. The second-order valence-electron chi connectivity index (χ2n) is 6.71. The fraction of sp³-hybridized carbons (Fsp3) is 0.278. The summed E-state index contributed by atoms with van der Waals surface area (Å²) in [6, 6.07) is 10.3. The average molecular weight is 399 g/mol. The molecule has 1 fully saturated rings. The number of aromatic nitrogens is 4. The molecule has 0 amide bonds. The van der Waals surface area contributed by atoms with Gasteiger partial charge >= 0.3 is 0 Å². The van der Waals surface area contributed by atoms with Gasteiger partial charge in [-0.15, -0.1) is 0 Å². The van der Waals surface area contributed by atoms with Crippen LogP contribution in [0, 0.1) is 5.92 Å². The van der Waals surface area contributed by atoms with E-state index in [1.165, 1.54) is 4.31 Å². The fourth-order valence-corrected chi connectivity index (χ4v) is 4.68. The van der Waals surface area contributed by atoms with Gasteiger partial charge in [0.05, 0.1) is 22.3 Å². The maximum atomic E-state index is 12.5. The highest BCUT2D eigenvalue weighted by molar-refractivity contribution is 7.89. The number of anilines is 2. The van der Waals surface area contributed by atoms with Gasteiger partial charge in [0.25, 0.3) is 0 Å². The standard InChI is InChI=1S/C18H21N7O2S/c1-24-17(19)15(10-22-24)16-7-8-20-18(23-16)21-9-13-11-25(12-13)28(26,27)14-5-3-2-4-6-14/h2-8,10,13H,9,11-12,19H2,1H3,(H,20,21,23). The van der Waals surface area contributed by atoms with Crippen LogP contribution in [0.1, 0.15) is 0 Å². The van der Waals surface area contributed by atoms with E-state index in [0.717, 1.165) is 5.56 Å². The quantitative estimate of drug-likeness (QED) is 0.639. The van der Waals surface area contributed by atoms with E-state index in [4.69, 9.17) is 5.73 Å². The van der Waals surface area contributed by atoms with Gasteiger partial charge in [-0.1, -0.05) is 18.2 Å². The summed E-state index contributed by atoms with van der Waals surface area (Å²) in [6.45, 7) is 1.53. The highest BCUT2D eigenvalue weighted by Gasteiger charge is 2.36. The van der Waals surface area contributed by atoms with Crippen molar-refractivity contribution in [1.29, 1.82) is 0 Å². The Labute approximate surface area is 163 Å². The predicted molar refractivity (Wildman–Crippen MR) is 106 cm³/mol. The minimum Gasteiger partial charge on any atom is -0.383 e. The van der Waals surface area contributed by atoms with Crippen molar-refractivity contribution >= 4 is 21.8 Å². The lowest BCUT2D eigenvalue weighted by atomic mass is 10.0. The summed E-state index contributed by atoms with van der Waals surface area (Å²) in [6.07, 6.45) is 3.32. The Kier molecular flexibility index (Phi) is 4.73. The zero-order chi connectivity index (χ0) is 19.7. The molecule has 4 rings (SSSR count). The molecule has 3 heterocycles. The van der Waals surface area contributed by atoms with Crippen molar-refractivity contribution in [3.05, 3.63) is 48.8 Å². The van der Waals surface area contributed by atoms with E-state index in [2.05, 4.69) is 20.4 Å². The number of aryl methyl sites for hydroxylation is 1. The molecule has 0 spiro atoms. The molecule has 1 aliphatic heterocycles. The van der Waals surface area contributed by atoms with Gasteiger partial charge in [0.1, 0.15) is 5.82 Å². The Morgan fingerprint density at radius 3 is 2.64 bits per heavy atom. The molecule has 1 aromatic carbocycles. The Balaban J connectivity index is 1.36. The first-order valence-corrected chi connectivity index (χ1v) is 10.3. The monoisotopic (exact) mass is 399 g/mol. The summed E-state index contributed by atoms with van der Waals surface area (Å²) in [7, 11) is -1.64. The summed E-state index contributed by atoms with van der Waals surface area (Å²) in [5, 5.41) is 7.31. The lowest BCUT2D eigenvalue weighted by Crippen LogP contribution is -2.52. The van der Waals surface area contributed by atoms with E-state index in [9.17, 15) is 8.42 Å². The van der Waals surface area contributed by atoms with Crippen molar-refractivity contribution < 1.29 is 8.42 Å². The van der Waals surface area contributed by atoms with Crippen molar-refractivity contribution in [3.8, 4) is 11.3 Å². The van der Waals surface area contributed by atoms with Crippen molar-refractivity contribution in [2.75, 3.05) is 30.7 Å². The molecule has 0 radical (unpaired) electrons. The van der Waals surface area contributed by atoms with Gasteiger partial charge in [0.15, 0.2) is 0 Å². The summed E-state index contributed by atoms with van der Waals surface area (Å²) in [4.78, 5) is 9.03. The zero-order valence-corrected chi connectivity index (χ0v) is 16.2. The highest BCUT2D eigenvalue weighted by Crippen LogP contribution is 2.26. The molecule has 1 aliphatic rings. The molecule has 9 nitrogen and oxygen atoms in total. The number of hydrogen-bond acceptors (Lipinski definition) is 7. The van der Waals surface area contributed by atoms with Crippen LogP contribution in [0.4, 0.5) is 11.8 Å². The Hall–Kier alpha value is -2.98. The van der Waals surface area contributed by atoms with E-state index >= 15 is 0 Å². The third kappa shape index (κ3) is 3.43. The van der Waals surface area contributed by atoms with E-state index in [0.29, 0.717) is 42.0 Å². The van der Waals surface area contributed by atoms with Crippen LogP contribution in [0.15, 0.2) is 53.7 Å². The number of nitrogens with zero attached hydrogens (tertiary/aromatic N) is 5. The van der Waals surface area contributed by atoms with Gasteiger partial charge in [-0.05, 0) is 18.2 Å². The number of sulfonamides is 1. The van der Waals surface area contributed by atoms with E-state index in [1.807, 2.05) is 0 Å². The van der Waals surface area contributed by atoms with Crippen LogP contribution in [-0.2, 0) is 17.1 Å². The van der Waals surface area contributed by atoms with Gasteiger partial charge in [-0.25, -0.2) is 18.4 Å². The minimum atomic E-state index is -3.41. The van der Waals surface area contributed by atoms with E-state index in [-0.39, 0.29) is 5.92 Å². The summed E-state index contributed by atoms with van der Waals surface area (Å²) < 4.78 is 28.1. The predicted octanol–water partition coefficient (Wildman–Crippen LogP) is 1.19. The lowest BCUT2D eigenvalue weighted by Gasteiger charge is -2.38. The molecule has 0 unspecified atom stereocenters. The first-order valence-electron chi connectivity index (χ1n) is 8.85. The minimum absolute atomic E-state index is 0.203. The fourth-order valence-electron chi connectivity index (χ4n) is 3.06. The second kappa shape index (κ2) is 7.21. The van der Waals surface area contributed by atoms with Gasteiger partial charge in [-0.2, -0.15) is 9.40 Å². The zero-order valence-electron chi connectivity index (χ0n) is 15.4. The van der Waals surface area contributed by atoms with Crippen LogP contribution in [-0.4, -0.2) is 52.1 Å². The Morgan fingerprint density at radius 1 is 1.21 bits per heavy atom. The Bertz CT molecular complexity index is 1080. The van der Waals surface area contributed by atoms with E-state index < -0.39 is 10.0 Å². The van der Waals surface area contributed by atoms with Crippen LogP contribution in [0.3, 0.4) is 0 Å². The Morgan fingerprint density at radius 2 is 1.96 bits per heavy atom. The number of nitrogen functional groups attached to an aromatic ring is 1. The lowest BCUT2D eigenvalue weighted by molar-refractivity contribution is 0.211. The van der Waals surface area contributed by atoms with Gasteiger partial charge in [0.2, 0.25) is 16.0 Å². The smallest absolute Gasteiger partial charge is 0.243 e. The molecule has 0 atom stereocenters. The van der Waals surface area contributed by atoms with Crippen LogP contribution < -0.4 is 11.1 Å². The maximum absolute atomic E-state index is 12.5. The van der Waals surface area contributed by atoms with Gasteiger partial charge in [0, 0.05) is 38.8 Å². The van der Waals surface area contributed by atoms with Crippen LogP contribution in [0.5, 0.6) is 0 Å². The summed E-state index contributed by atoms with van der Waals surface area (Å²) in [5.41, 5.74) is 7.43. The molecule has 0 saturated carbocycles. The molecule has 0 bridgehead atoms. The summed E-state index contributed by atoms with van der Waals surface area (Å²) >= 11 is 0. The first-order chi connectivity index (χ1) is 13.4. The molecular formula is C18H21N7O2S. The SMILES string of the molecule is Cn1ncc(-c2ccnc(NCC3CN(S(=O)(=O)c4ccccc4)C3)n2)c1N. The second-order valence-corrected chi connectivity index (χ2v) is 8.65. The van der Waals surface area contributed by atoms with Crippen molar-refractivity contribution in [1.82, 2.24) is 24.1 Å². The third-order valence-electron chi connectivity index (χ3n) is 4.77. The number of nitrogens with one attached hydrogen (secondary N) is 1. The topological polar surface area (TPSA) is 119 Å². The number of hydrogen-bond donors (Lipinski definition) is 2. The normalized spacial score (nSPS) is 15.3. The molecule has 3 aromatic rings. The van der Waals surface area contributed by atoms with Crippen molar-refractivity contribution in [2.45, 2.75) is 4.90 Å². The number of rotatable bonds is 6. The molecule has 1 saturated heterocycles. The molecular weight excluding hydrogens is 378 g/mol. The number of nitrogens with two attached hydrogens (primary N) is 1. The van der Waals surface area contributed by atoms with Crippen LogP contribution >= 0.6 is 0 Å². The van der Waals surface area contributed by atoms with Crippen LogP contribution in [0.2, 0.25) is 0 Å². The first kappa shape index (κ1) is 18.4. The third-order valence-corrected chi connectivity index (χ3v) is 6.62. The van der Waals surface area contributed by atoms with Crippen molar-refractivity contribution in [3.63, 3.8) is 0 Å². The highest BCUT2D eigenvalue weighted by atomic mass is 32.2. The maximum Gasteiger partial charge on any atom is 0.243 e. The molecule has 28 heavy (non-hydrogen) atoms. The van der Waals surface area contributed by atoms with Crippen LogP contribution in [0.25, 0.3) is 11.3 Å². The van der Waals surface area contributed by atoms with Crippen molar-refractivity contribution in [2.24, 2.45) is 13.0 Å². The van der Waals surface area contributed by atoms with Gasteiger partial charge < -0.3 is 11.1 Å². The largest absolute Gasteiger partial charge is 0.383 e.